The second-order valence-electron chi connectivity index (χ2n) is 8.06. The van der Waals surface area contributed by atoms with Crippen molar-refractivity contribution < 1.29 is 18.0 Å². The van der Waals surface area contributed by atoms with Gasteiger partial charge >= 0.3 is 6.18 Å². The largest absolute Gasteiger partial charge is 0.417 e. The third-order valence-electron chi connectivity index (χ3n) is 5.54. The number of anilines is 1. The van der Waals surface area contributed by atoms with Crippen LogP contribution < -0.4 is 5.32 Å². The molecule has 4 aromatic rings. The summed E-state index contributed by atoms with van der Waals surface area (Å²) < 4.78 is 41.3. The Morgan fingerprint density at radius 3 is 2.48 bits per heavy atom. The first kappa shape index (κ1) is 22.9. The van der Waals surface area contributed by atoms with Crippen LogP contribution in [-0.4, -0.2) is 15.3 Å². The first-order valence-electron chi connectivity index (χ1n) is 10.2. The maximum absolute atomic E-state index is 13.2. The first-order chi connectivity index (χ1) is 15.5. The number of hydrogen-bond donors (Lipinski definition) is 1. The molecule has 170 valence electrons. The van der Waals surface area contributed by atoms with E-state index in [0.717, 1.165) is 34.4 Å². The standard InChI is InChI=1S/C25H21ClF3N3O/c1-14-8-9-32-21(24(31-22(32)10-14)17-5-4-15(2)16(3)11-17)13-23(33)30-18-6-7-20(26)19(12-18)25(27,28)29/h4-12H,13H2,1-3H3,(H,30,33). The number of nitrogens with one attached hydrogen (secondary N) is 1. The van der Waals surface area contributed by atoms with E-state index in [1.807, 2.05) is 61.7 Å². The van der Waals surface area contributed by atoms with Gasteiger partial charge < -0.3 is 9.72 Å². The van der Waals surface area contributed by atoms with Crippen molar-refractivity contribution in [1.29, 1.82) is 0 Å². The molecule has 0 atom stereocenters. The van der Waals surface area contributed by atoms with Gasteiger partial charge in [0.15, 0.2) is 0 Å². The molecule has 0 radical (unpaired) electrons. The van der Waals surface area contributed by atoms with Crippen molar-refractivity contribution in [2.45, 2.75) is 33.4 Å². The van der Waals surface area contributed by atoms with E-state index in [1.165, 1.54) is 6.07 Å². The van der Waals surface area contributed by atoms with E-state index in [-0.39, 0.29) is 12.1 Å². The second-order valence-corrected chi connectivity index (χ2v) is 8.46. The third kappa shape index (κ3) is 4.73. The van der Waals surface area contributed by atoms with Crippen LogP contribution in [0.3, 0.4) is 0 Å². The minimum Gasteiger partial charge on any atom is -0.326 e. The molecule has 0 saturated carbocycles. The summed E-state index contributed by atoms with van der Waals surface area (Å²) in [5.41, 5.74) is 5.15. The number of alkyl halides is 3. The van der Waals surface area contributed by atoms with Crippen LogP contribution in [0.5, 0.6) is 0 Å². The van der Waals surface area contributed by atoms with Gasteiger partial charge in [-0.15, -0.1) is 0 Å². The normalized spacial score (nSPS) is 11.7. The number of aromatic nitrogens is 2. The Morgan fingerprint density at radius 1 is 1.03 bits per heavy atom. The van der Waals surface area contributed by atoms with Crippen molar-refractivity contribution in [2.24, 2.45) is 0 Å². The molecule has 0 unspecified atom stereocenters. The van der Waals surface area contributed by atoms with Crippen molar-refractivity contribution in [1.82, 2.24) is 9.38 Å². The van der Waals surface area contributed by atoms with E-state index in [0.29, 0.717) is 17.0 Å². The van der Waals surface area contributed by atoms with Crippen LogP contribution in [0.1, 0.15) is 27.9 Å². The highest BCUT2D eigenvalue weighted by Crippen LogP contribution is 2.36. The van der Waals surface area contributed by atoms with Gasteiger partial charge in [-0.1, -0.05) is 23.7 Å². The summed E-state index contributed by atoms with van der Waals surface area (Å²) in [4.78, 5) is 17.6. The van der Waals surface area contributed by atoms with Crippen molar-refractivity contribution in [3.8, 4) is 11.3 Å². The van der Waals surface area contributed by atoms with Crippen LogP contribution in [0.25, 0.3) is 16.9 Å². The van der Waals surface area contributed by atoms with Gasteiger partial charge in [0.05, 0.1) is 28.4 Å². The van der Waals surface area contributed by atoms with E-state index in [9.17, 15) is 18.0 Å². The molecular weight excluding hydrogens is 451 g/mol. The van der Waals surface area contributed by atoms with Crippen LogP contribution >= 0.6 is 11.6 Å². The fourth-order valence-electron chi connectivity index (χ4n) is 3.66. The molecule has 8 heteroatoms. The number of benzene rings is 2. The lowest BCUT2D eigenvalue weighted by atomic mass is 10.0. The fraction of sp³-hybridized carbons (Fsp3) is 0.200. The van der Waals surface area contributed by atoms with Gasteiger partial charge in [0, 0.05) is 17.4 Å². The Hall–Kier alpha value is -3.32. The number of imidazole rings is 1. The van der Waals surface area contributed by atoms with Gasteiger partial charge in [0.2, 0.25) is 5.91 Å². The highest BCUT2D eigenvalue weighted by molar-refractivity contribution is 6.31. The number of hydrogen-bond acceptors (Lipinski definition) is 2. The average Bonchev–Trinajstić information content (AvgIpc) is 3.07. The molecule has 1 N–H and O–H groups in total. The van der Waals surface area contributed by atoms with Crippen LogP contribution in [0, 0.1) is 20.8 Å². The topological polar surface area (TPSA) is 46.4 Å². The maximum Gasteiger partial charge on any atom is 0.417 e. The molecule has 0 fully saturated rings. The van der Waals surface area contributed by atoms with Gasteiger partial charge in [0.1, 0.15) is 5.65 Å². The SMILES string of the molecule is Cc1ccn2c(CC(=O)Nc3ccc(Cl)c(C(F)(F)F)c3)c(-c3ccc(C)c(C)c3)nc2c1. The fourth-order valence-corrected chi connectivity index (χ4v) is 3.89. The van der Waals surface area contributed by atoms with Gasteiger partial charge in [-0.2, -0.15) is 13.2 Å². The highest BCUT2D eigenvalue weighted by Gasteiger charge is 2.33. The lowest BCUT2D eigenvalue weighted by Gasteiger charge is -2.12. The monoisotopic (exact) mass is 471 g/mol. The molecule has 33 heavy (non-hydrogen) atoms. The van der Waals surface area contributed by atoms with Crippen molar-refractivity contribution >= 4 is 28.8 Å². The molecule has 4 nitrogen and oxygen atoms in total. The summed E-state index contributed by atoms with van der Waals surface area (Å²) in [7, 11) is 0. The Labute approximate surface area is 194 Å². The smallest absolute Gasteiger partial charge is 0.326 e. The lowest BCUT2D eigenvalue weighted by molar-refractivity contribution is -0.137. The van der Waals surface area contributed by atoms with Gasteiger partial charge in [-0.25, -0.2) is 4.98 Å². The summed E-state index contributed by atoms with van der Waals surface area (Å²) in [6.07, 6.45) is -2.85. The number of pyridine rings is 1. The molecule has 0 saturated heterocycles. The molecule has 2 aromatic heterocycles. The quantitative estimate of drug-likeness (QED) is 0.356. The molecule has 0 aliphatic heterocycles. The molecule has 2 aromatic carbocycles. The summed E-state index contributed by atoms with van der Waals surface area (Å²) in [5, 5.41) is 2.13. The van der Waals surface area contributed by atoms with E-state index in [2.05, 4.69) is 5.32 Å². The molecule has 0 bridgehead atoms. The number of carbonyl (C=O) groups is 1. The number of halogens is 4. The Morgan fingerprint density at radius 2 is 1.79 bits per heavy atom. The zero-order valence-corrected chi connectivity index (χ0v) is 19.0. The number of rotatable bonds is 4. The molecule has 0 aliphatic carbocycles. The average molecular weight is 472 g/mol. The molecule has 0 spiro atoms. The van der Waals surface area contributed by atoms with Gasteiger partial charge in [-0.3, -0.25) is 4.79 Å². The number of amides is 1. The summed E-state index contributed by atoms with van der Waals surface area (Å²) in [6.45, 7) is 5.97. The predicted octanol–water partition coefficient (Wildman–Crippen LogP) is 6.78. The van der Waals surface area contributed by atoms with E-state index in [1.54, 1.807) is 0 Å². The Bertz CT molecular complexity index is 1380. The first-order valence-corrected chi connectivity index (χ1v) is 10.6. The second kappa shape index (κ2) is 8.56. The summed E-state index contributed by atoms with van der Waals surface area (Å²) in [6, 6.07) is 13.1. The maximum atomic E-state index is 13.2. The van der Waals surface area contributed by atoms with Gasteiger partial charge in [-0.05, 0) is 73.9 Å². The highest BCUT2D eigenvalue weighted by atomic mass is 35.5. The Balaban J connectivity index is 1.71. The molecule has 2 heterocycles. The minimum absolute atomic E-state index is 0.0223. The number of nitrogens with zero attached hydrogens (tertiary/aromatic N) is 2. The van der Waals surface area contributed by atoms with Crippen molar-refractivity contribution in [2.75, 3.05) is 5.32 Å². The predicted molar refractivity (Wildman–Crippen MR) is 124 cm³/mol. The molecular formula is C25H21ClF3N3O. The molecule has 0 aliphatic rings. The lowest BCUT2D eigenvalue weighted by Crippen LogP contribution is -2.17. The van der Waals surface area contributed by atoms with Crippen LogP contribution in [0.2, 0.25) is 5.02 Å². The van der Waals surface area contributed by atoms with Crippen molar-refractivity contribution in [3.63, 3.8) is 0 Å². The van der Waals surface area contributed by atoms with E-state index in [4.69, 9.17) is 16.6 Å². The molecule has 4 rings (SSSR count). The van der Waals surface area contributed by atoms with Crippen LogP contribution in [0.4, 0.5) is 18.9 Å². The number of fused-ring (bicyclic) bond motifs is 1. The van der Waals surface area contributed by atoms with Crippen LogP contribution in [-0.2, 0) is 17.4 Å². The van der Waals surface area contributed by atoms with E-state index >= 15 is 0 Å². The zero-order valence-electron chi connectivity index (χ0n) is 18.2. The van der Waals surface area contributed by atoms with E-state index < -0.39 is 22.7 Å². The zero-order chi connectivity index (χ0) is 23.9. The Kier molecular flexibility index (Phi) is 5.93. The number of aryl methyl sites for hydroxylation is 3. The van der Waals surface area contributed by atoms with Crippen LogP contribution in [0.15, 0.2) is 54.7 Å². The molecule has 1 amide bonds. The number of carbonyl (C=O) groups excluding carboxylic acids is 1. The summed E-state index contributed by atoms with van der Waals surface area (Å²) >= 11 is 5.68. The third-order valence-corrected chi connectivity index (χ3v) is 5.87. The minimum atomic E-state index is -4.62. The van der Waals surface area contributed by atoms with Gasteiger partial charge in [0.25, 0.3) is 0 Å². The summed E-state index contributed by atoms with van der Waals surface area (Å²) in [5.74, 6) is -0.460. The van der Waals surface area contributed by atoms with Crippen molar-refractivity contribution in [3.05, 3.63) is 87.7 Å².